The van der Waals surface area contributed by atoms with Crippen molar-refractivity contribution < 1.29 is 0 Å². The lowest BCUT2D eigenvalue weighted by atomic mass is 9.83. The van der Waals surface area contributed by atoms with Crippen LogP contribution in [0.25, 0.3) is 56.0 Å². The summed E-state index contributed by atoms with van der Waals surface area (Å²) >= 11 is 0. The molecule has 5 aromatic carbocycles. The third-order valence-corrected chi connectivity index (χ3v) is 6.25. The minimum absolute atomic E-state index is 1.10. The van der Waals surface area contributed by atoms with Crippen molar-refractivity contribution in [3.8, 4) is 22.3 Å². The molecular weight excluding hydrogens is 408 g/mol. The van der Waals surface area contributed by atoms with Gasteiger partial charge in [0.1, 0.15) is 0 Å². The Labute approximate surface area is 201 Å². The Hall–Kier alpha value is -4.42. The summed E-state index contributed by atoms with van der Waals surface area (Å²) in [5.41, 5.74) is 6.88. The van der Waals surface area contributed by atoms with Crippen LogP contribution in [0, 0.1) is 0 Å². The molecule has 0 unspecified atom stereocenters. The first-order valence-corrected chi connectivity index (χ1v) is 11.5. The van der Waals surface area contributed by atoms with Gasteiger partial charge in [-0.1, -0.05) is 141 Å². The predicted molar refractivity (Wildman–Crippen MR) is 150 cm³/mol. The van der Waals surface area contributed by atoms with E-state index in [2.05, 4.69) is 116 Å². The van der Waals surface area contributed by atoms with Gasteiger partial charge < -0.3 is 0 Å². The van der Waals surface area contributed by atoms with Crippen LogP contribution in [0.5, 0.6) is 0 Å². The normalized spacial score (nSPS) is 10.6. The van der Waals surface area contributed by atoms with Gasteiger partial charge >= 0.3 is 0 Å². The van der Waals surface area contributed by atoms with Gasteiger partial charge in [0.15, 0.2) is 0 Å². The largest absolute Gasteiger partial charge is 0.0984 e. The number of rotatable bonds is 4. The molecule has 0 spiro atoms. The zero-order valence-corrected chi connectivity index (χ0v) is 19.1. The van der Waals surface area contributed by atoms with Crippen LogP contribution in [0.3, 0.4) is 0 Å². The maximum atomic E-state index is 4.22. The molecule has 0 saturated heterocycles. The second-order valence-electron chi connectivity index (χ2n) is 8.23. The molecule has 0 radical (unpaired) electrons. The van der Waals surface area contributed by atoms with Gasteiger partial charge in [-0.25, -0.2) is 0 Å². The molecule has 0 heteroatoms. The summed E-state index contributed by atoms with van der Waals surface area (Å²) in [5.74, 6) is 0. The van der Waals surface area contributed by atoms with E-state index in [4.69, 9.17) is 0 Å². The monoisotopic (exact) mass is 434 g/mol. The molecule has 0 N–H and O–H groups in total. The molecule has 0 atom stereocenters. The van der Waals surface area contributed by atoms with Crippen molar-refractivity contribution in [1.29, 1.82) is 0 Å². The highest BCUT2D eigenvalue weighted by Crippen LogP contribution is 2.43. The zero-order valence-electron chi connectivity index (χ0n) is 19.1. The lowest BCUT2D eigenvalue weighted by molar-refractivity contribution is 1.60. The Morgan fingerprint density at radius 3 is 1.47 bits per heavy atom. The SMILES string of the molecule is C=Cc1c(C=C)c(-c2ccc3ccccc3c2)c2ccccc2c1-c1ccccccccc1. The average Bonchev–Trinajstić information content (AvgIpc) is 2.90. The van der Waals surface area contributed by atoms with Gasteiger partial charge in [0.05, 0.1) is 0 Å². The van der Waals surface area contributed by atoms with Crippen LogP contribution in [0.1, 0.15) is 11.1 Å². The first-order valence-electron chi connectivity index (χ1n) is 11.5. The lowest BCUT2D eigenvalue weighted by Crippen LogP contribution is -1.95. The van der Waals surface area contributed by atoms with Crippen LogP contribution < -0.4 is 0 Å². The van der Waals surface area contributed by atoms with E-state index in [9.17, 15) is 0 Å². The summed E-state index contributed by atoms with van der Waals surface area (Å²) in [6.45, 7) is 8.44. The molecule has 0 aliphatic carbocycles. The van der Waals surface area contributed by atoms with E-state index in [0.29, 0.717) is 0 Å². The summed E-state index contributed by atoms with van der Waals surface area (Å²) in [6.07, 6.45) is 3.94. The van der Waals surface area contributed by atoms with Crippen LogP contribution in [0.15, 0.2) is 134 Å². The Morgan fingerprint density at radius 2 is 0.882 bits per heavy atom. The first kappa shape index (κ1) is 21.4. The maximum Gasteiger partial charge on any atom is -0.00264 e. The van der Waals surface area contributed by atoms with Crippen LogP contribution in [0.4, 0.5) is 0 Å². The second kappa shape index (κ2) is 9.60. The third kappa shape index (κ3) is 3.91. The zero-order chi connectivity index (χ0) is 23.3. The Bertz CT molecular complexity index is 1500. The van der Waals surface area contributed by atoms with Crippen LogP contribution in [-0.4, -0.2) is 0 Å². The fourth-order valence-electron chi connectivity index (χ4n) is 4.73. The topological polar surface area (TPSA) is 0 Å². The van der Waals surface area contributed by atoms with E-state index in [1.165, 1.54) is 38.2 Å². The predicted octanol–water partition coefficient (Wildman–Crippen LogP) is 9.74. The molecule has 5 aromatic rings. The summed E-state index contributed by atoms with van der Waals surface area (Å²) in [6, 6.07) is 42.5. The quantitative estimate of drug-likeness (QED) is 0.264. The molecule has 162 valence electrons. The molecule has 0 nitrogen and oxygen atoms in total. The van der Waals surface area contributed by atoms with Crippen molar-refractivity contribution in [2.24, 2.45) is 0 Å². The highest BCUT2D eigenvalue weighted by molar-refractivity contribution is 6.12. The van der Waals surface area contributed by atoms with Crippen LogP contribution in [0.2, 0.25) is 0 Å². The Balaban J connectivity index is 1.91. The van der Waals surface area contributed by atoms with Crippen LogP contribution >= 0.6 is 0 Å². The number of fused-ring (bicyclic) bond motifs is 2. The standard InChI is InChI=1S/C34H26/c1-3-29-30(4-2)34(28-23-22-25-16-12-13-19-27(25)24-28)32-21-15-14-20-31(32)33(29)26-17-10-8-6-5-7-9-11-18-26/h3-24H,1-2H2. The van der Waals surface area contributed by atoms with E-state index in [1.54, 1.807) is 0 Å². The van der Waals surface area contributed by atoms with Gasteiger partial charge in [-0.3, -0.25) is 0 Å². The molecule has 0 amide bonds. The highest BCUT2D eigenvalue weighted by atomic mass is 14.2. The van der Waals surface area contributed by atoms with Gasteiger partial charge in [0.2, 0.25) is 0 Å². The van der Waals surface area contributed by atoms with E-state index >= 15 is 0 Å². The molecular formula is C34H26. The van der Waals surface area contributed by atoms with Crippen molar-refractivity contribution in [1.82, 2.24) is 0 Å². The fourth-order valence-corrected chi connectivity index (χ4v) is 4.73. The molecule has 0 aromatic heterocycles. The Morgan fingerprint density at radius 1 is 0.412 bits per heavy atom. The van der Waals surface area contributed by atoms with Crippen molar-refractivity contribution in [3.63, 3.8) is 0 Å². The van der Waals surface area contributed by atoms with Gasteiger partial charge in [0, 0.05) is 0 Å². The summed E-state index contributed by atoms with van der Waals surface area (Å²) in [4.78, 5) is 0. The first-order chi connectivity index (χ1) is 16.8. The summed E-state index contributed by atoms with van der Waals surface area (Å²) < 4.78 is 0. The average molecular weight is 435 g/mol. The van der Waals surface area contributed by atoms with E-state index in [0.717, 1.165) is 16.7 Å². The van der Waals surface area contributed by atoms with Gasteiger partial charge in [-0.05, 0) is 61.0 Å². The summed E-state index contributed by atoms with van der Waals surface area (Å²) in [7, 11) is 0. The second-order valence-corrected chi connectivity index (χ2v) is 8.23. The lowest BCUT2D eigenvalue weighted by Gasteiger charge is -2.20. The number of hydrogen-bond acceptors (Lipinski definition) is 0. The van der Waals surface area contributed by atoms with E-state index in [-0.39, 0.29) is 0 Å². The van der Waals surface area contributed by atoms with Gasteiger partial charge in [-0.15, -0.1) is 0 Å². The molecule has 0 fully saturated rings. The molecule has 0 aliphatic heterocycles. The summed E-state index contributed by atoms with van der Waals surface area (Å²) in [5, 5.41) is 4.87. The van der Waals surface area contributed by atoms with Gasteiger partial charge in [-0.2, -0.15) is 0 Å². The van der Waals surface area contributed by atoms with Crippen molar-refractivity contribution in [3.05, 3.63) is 146 Å². The van der Waals surface area contributed by atoms with Gasteiger partial charge in [0.25, 0.3) is 0 Å². The molecule has 0 bridgehead atoms. The third-order valence-electron chi connectivity index (χ3n) is 6.25. The van der Waals surface area contributed by atoms with Crippen molar-refractivity contribution in [2.45, 2.75) is 0 Å². The minimum Gasteiger partial charge on any atom is -0.0984 e. The van der Waals surface area contributed by atoms with E-state index < -0.39 is 0 Å². The smallest absolute Gasteiger partial charge is 0.00264 e. The minimum atomic E-state index is 1.10. The Kier molecular flexibility index (Phi) is 6.05. The van der Waals surface area contributed by atoms with Crippen molar-refractivity contribution in [2.75, 3.05) is 0 Å². The molecule has 0 saturated carbocycles. The molecule has 34 heavy (non-hydrogen) atoms. The molecule has 0 heterocycles. The number of hydrogen-bond donors (Lipinski definition) is 0. The maximum absolute atomic E-state index is 4.22. The molecule has 5 rings (SSSR count). The van der Waals surface area contributed by atoms with E-state index in [1.807, 2.05) is 30.4 Å². The number of benzene rings is 4. The van der Waals surface area contributed by atoms with Crippen molar-refractivity contribution >= 4 is 33.7 Å². The van der Waals surface area contributed by atoms with Crippen LogP contribution in [-0.2, 0) is 0 Å². The highest BCUT2D eigenvalue weighted by Gasteiger charge is 2.18. The molecule has 0 aliphatic rings. The fraction of sp³-hybridized carbons (Fsp3) is 0.